The average Bonchev–Trinajstić information content (AvgIpc) is 2.93. The predicted octanol–water partition coefficient (Wildman–Crippen LogP) is 3.22. The standard InChI is InChI=1S/C16H30N2S/c1-3-13-11-17-9-5-7-15(17)12-18(13)14-6-4-8-16(10-14)19-2/h13-16H,3-12H2,1-2H3. The van der Waals surface area contributed by atoms with Gasteiger partial charge in [0.1, 0.15) is 0 Å². The first kappa shape index (κ1) is 14.2. The van der Waals surface area contributed by atoms with E-state index in [-0.39, 0.29) is 0 Å². The fraction of sp³-hybridized carbons (Fsp3) is 1.00. The summed E-state index contributed by atoms with van der Waals surface area (Å²) in [6, 6.07) is 2.61. The summed E-state index contributed by atoms with van der Waals surface area (Å²) in [7, 11) is 0. The quantitative estimate of drug-likeness (QED) is 0.785. The zero-order chi connectivity index (χ0) is 13.2. The Hall–Kier alpha value is 0.270. The molecule has 0 aromatic rings. The molecule has 4 unspecified atom stereocenters. The topological polar surface area (TPSA) is 6.48 Å². The van der Waals surface area contributed by atoms with E-state index >= 15 is 0 Å². The van der Waals surface area contributed by atoms with Crippen molar-refractivity contribution in [1.82, 2.24) is 9.80 Å². The first-order valence-corrected chi connectivity index (χ1v) is 9.63. The monoisotopic (exact) mass is 282 g/mol. The molecule has 3 fully saturated rings. The summed E-state index contributed by atoms with van der Waals surface area (Å²) in [5, 5.41) is 0.929. The molecule has 2 saturated heterocycles. The van der Waals surface area contributed by atoms with Crippen LogP contribution in [0.3, 0.4) is 0 Å². The van der Waals surface area contributed by atoms with Crippen molar-refractivity contribution in [3.63, 3.8) is 0 Å². The number of rotatable bonds is 3. The van der Waals surface area contributed by atoms with E-state index in [4.69, 9.17) is 0 Å². The van der Waals surface area contributed by atoms with Crippen molar-refractivity contribution >= 4 is 11.8 Å². The fourth-order valence-corrected chi connectivity index (χ4v) is 5.37. The van der Waals surface area contributed by atoms with Gasteiger partial charge in [0, 0.05) is 36.5 Å². The molecule has 0 radical (unpaired) electrons. The van der Waals surface area contributed by atoms with Crippen LogP contribution in [-0.2, 0) is 0 Å². The Labute approximate surface area is 123 Å². The van der Waals surface area contributed by atoms with E-state index in [0.29, 0.717) is 0 Å². The molecule has 0 aromatic carbocycles. The van der Waals surface area contributed by atoms with E-state index in [9.17, 15) is 0 Å². The van der Waals surface area contributed by atoms with Crippen molar-refractivity contribution in [2.75, 3.05) is 25.9 Å². The lowest BCUT2D eigenvalue weighted by molar-refractivity contribution is 0.00793. The lowest BCUT2D eigenvalue weighted by Gasteiger charge is -2.49. The van der Waals surface area contributed by atoms with Crippen LogP contribution in [0.1, 0.15) is 51.9 Å². The number of piperazine rings is 1. The molecular formula is C16H30N2S. The van der Waals surface area contributed by atoms with E-state index in [0.717, 1.165) is 23.4 Å². The Morgan fingerprint density at radius 1 is 1.05 bits per heavy atom. The molecule has 19 heavy (non-hydrogen) atoms. The largest absolute Gasteiger partial charge is 0.298 e. The molecular weight excluding hydrogens is 252 g/mol. The molecule has 0 aromatic heterocycles. The van der Waals surface area contributed by atoms with E-state index < -0.39 is 0 Å². The van der Waals surface area contributed by atoms with Crippen LogP contribution in [0.5, 0.6) is 0 Å². The van der Waals surface area contributed by atoms with E-state index in [2.05, 4.69) is 34.7 Å². The van der Waals surface area contributed by atoms with Crippen LogP contribution >= 0.6 is 11.8 Å². The van der Waals surface area contributed by atoms with Crippen molar-refractivity contribution < 1.29 is 0 Å². The van der Waals surface area contributed by atoms with Crippen molar-refractivity contribution in [1.29, 1.82) is 0 Å². The van der Waals surface area contributed by atoms with E-state index in [1.54, 1.807) is 0 Å². The summed E-state index contributed by atoms with van der Waals surface area (Å²) in [6.07, 6.45) is 12.3. The van der Waals surface area contributed by atoms with Crippen molar-refractivity contribution in [3.05, 3.63) is 0 Å². The van der Waals surface area contributed by atoms with Gasteiger partial charge in [-0.2, -0.15) is 11.8 Å². The third kappa shape index (κ3) is 2.98. The van der Waals surface area contributed by atoms with Crippen LogP contribution in [0.2, 0.25) is 0 Å². The summed E-state index contributed by atoms with van der Waals surface area (Å²) in [4.78, 5) is 5.70. The van der Waals surface area contributed by atoms with Gasteiger partial charge in [-0.3, -0.25) is 9.80 Å². The van der Waals surface area contributed by atoms with Crippen LogP contribution in [0, 0.1) is 0 Å². The average molecular weight is 282 g/mol. The van der Waals surface area contributed by atoms with E-state index in [1.165, 1.54) is 64.6 Å². The third-order valence-electron chi connectivity index (χ3n) is 5.71. The molecule has 0 N–H and O–H groups in total. The molecule has 3 aliphatic rings. The molecule has 2 nitrogen and oxygen atoms in total. The highest BCUT2D eigenvalue weighted by Crippen LogP contribution is 2.34. The van der Waals surface area contributed by atoms with Crippen LogP contribution in [-0.4, -0.2) is 59.1 Å². The van der Waals surface area contributed by atoms with E-state index in [1.807, 2.05) is 0 Å². The first-order valence-electron chi connectivity index (χ1n) is 8.34. The van der Waals surface area contributed by atoms with Crippen molar-refractivity contribution in [3.8, 4) is 0 Å². The second-order valence-electron chi connectivity index (χ2n) is 6.73. The molecule has 3 heteroatoms. The van der Waals surface area contributed by atoms with Gasteiger partial charge in [-0.15, -0.1) is 0 Å². The highest BCUT2D eigenvalue weighted by atomic mass is 32.2. The molecule has 2 heterocycles. The minimum Gasteiger partial charge on any atom is -0.298 e. The molecule has 0 amide bonds. The molecule has 1 saturated carbocycles. The van der Waals surface area contributed by atoms with Gasteiger partial charge in [0.25, 0.3) is 0 Å². The Bertz CT molecular complexity index is 296. The number of nitrogens with zero attached hydrogens (tertiary/aromatic N) is 2. The lowest BCUT2D eigenvalue weighted by atomic mass is 9.90. The first-order chi connectivity index (χ1) is 9.31. The summed E-state index contributed by atoms with van der Waals surface area (Å²) < 4.78 is 0. The number of hydrogen-bond acceptors (Lipinski definition) is 3. The summed E-state index contributed by atoms with van der Waals surface area (Å²) in [5.74, 6) is 0. The fourth-order valence-electron chi connectivity index (χ4n) is 4.56. The third-order valence-corrected chi connectivity index (χ3v) is 6.80. The van der Waals surface area contributed by atoms with Crippen molar-refractivity contribution in [2.45, 2.75) is 75.2 Å². The lowest BCUT2D eigenvalue weighted by Crippen LogP contribution is -2.59. The number of hydrogen-bond donors (Lipinski definition) is 0. The second kappa shape index (κ2) is 6.36. The zero-order valence-corrected chi connectivity index (χ0v) is 13.5. The zero-order valence-electron chi connectivity index (χ0n) is 12.7. The number of thioether (sulfide) groups is 1. The Morgan fingerprint density at radius 3 is 2.68 bits per heavy atom. The smallest absolute Gasteiger partial charge is 0.0224 e. The van der Waals surface area contributed by atoms with Crippen LogP contribution in [0.25, 0.3) is 0 Å². The highest BCUT2D eigenvalue weighted by Gasteiger charge is 2.39. The van der Waals surface area contributed by atoms with Gasteiger partial charge in [-0.25, -0.2) is 0 Å². The summed E-state index contributed by atoms with van der Waals surface area (Å²) in [6.45, 7) is 6.47. The van der Waals surface area contributed by atoms with Crippen LogP contribution in [0.15, 0.2) is 0 Å². The minimum atomic E-state index is 0.833. The summed E-state index contributed by atoms with van der Waals surface area (Å²) >= 11 is 2.10. The minimum absolute atomic E-state index is 0.833. The predicted molar refractivity (Wildman–Crippen MR) is 84.9 cm³/mol. The van der Waals surface area contributed by atoms with Gasteiger partial charge in [0.2, 0.25) is 0 Å². The van der Waals surface area contributed by atoms with Crippen LogP contribution in [0.4, 0.5) is 0 Å². The van der Waals surface area contributed by atoms with Crippen LogP contribution < -0.4 is 0 Å². The molecule has 1 aliphatic carbocycles. The SMILES string of the molecule is CCC1CN2CCCC2CN1C1CCCC(SC)C1. The van der Waals surface area contributed by atoms with Gasteiger partial charge < -0.3 is 0 Å². The number of fused-ring (bicyclic) bond motifs is 1. The van der Waals surface area contributed by atoms with Crippen molar-refractivity contribution in [2.24, 2.45) is 0 Å². The van der Waals surface area contributed by atoms with Gasteiger partial charge in [-0.1, -0.05) is 13.3 Å². The Balaban J connectivity index is 1.67. The molecule has 0 bridgehead atoms. The second-order valence-corrected chi connectivity index (χ2v) is 7.87. The van der Waals surface area contributed by atoms with Gasteiger partial charge in [-0.05, 0) is 51.3 Å². The Morgan fingerprint density at radius 2 is 1.89 bits per heavy atom. The maximum absolute atomic E-state index is 2.93. The summed E-state index contributed by atoms with van der Waals surface area (Å²) in [5.41, 5.74) is 0. The molecule has 110 valence electrons. The maximum Gasteiger partial charge on any atom is 0.0224 e. The van der Waals surface area contributed by atoms with Gasteiger partial charge >= 0.3 is 0 Å². The molecule has 4 atom stereocenters. The maximum atomic E-state index is 2.93. The molecule has 2 aliphatic heterocycles. The van der Waals surface area contributed by atoms with Gasteiger partial charge in [0.05, 0.1) is 0 Å². The van der Waals surface area contributed by atoms with Gasteiger partial charge in [0.15, 0.2) is 0 Å². The normalized spacial score (nSPS) is 41.4. The Kier molecular flexibility index (Phi) is 4.76. The molecule has 0 spiro atoms. The molecule has 3 rings (SSSR count). The highest BCUT2D eigenvalue weighted by molar-refractivity contribution is 7.99.